The largest absolute Gasteiger partial charge is 0.318 e. The first kappa shape index (κ1) is 16.0. The zero-order chi connectivity index (χ0) is 17.6. The Labute approximate surface area is 144 Å². The van der Waals surface area contributed by atoms with Gasteiger partial charge in [-0.2, -0.15) is 8.42 Å². The summed E-state index contributed by atoms with van der Waals surface area (Å²) in [5.74, 6) is -1.33. The molecule has 2 aliphatic rings. The van der Waals surface area contributed by atoms with Crippen LogP contribution in [0.2, 0.25) is 0 Å². The number of amides is 2. The van der Waals surface area contributed by atoms with Gasteiger partial charge in [-0.15, -0.1) is 9.35 Å². The van der Waals surface area contributed by atoms with Crippen LogP contribution in [0.15, 0.2) is 58.5 Å². The molecule has 4 rings (SSSR count). The third-order valence-electron chi connectivity index (χ3n) is 4.54. The summed E-state index contributed by atoms with van der Waals surface area (Å²) in [5, 5.41) is 1.60. The molecule has 0 N–H and O–H groups in total. The number of benzene rings is 2. The number of carbonyl (C=O) groups excluding carboxylic acids is 2. The highest BCUT2D eigenvalue weighted by Gasteiger charge is 2.42. The highest BCUT2D eigenvalue weighted by molar-refractivity contribution is 7.87. The Hall–Kier alpha value is -2.51. The third kappa shape index (κ3) is 2.56. The summed E-state index contributed by atoms with van der Waals surface area (Å²) in [6.45, 7) is 0. The van der Waals surface area contributed by atoms with Gasteiger partial charge in [0.1, 0.15) is 4.90 Å². The predicted molar refractivity (Wildman–Crippen MR) is 89.6 cm³/mol. The van der Waals surface area contributed by atoms with E-state index in [-0.39, 0.29) is 4.90 Å². The molecule has 0 radical (unpaired) electrons. The maximum absolute atomic E-state index is 12.7. The number of imide groups is 1. The monoisotopic (exact) mass is 357 g/mol. The van der Waals surface area contributed by atoms with Crippen molar-refractivity contribution in [2.75, 3.05) is 0 Å². The van der Waals surface area contributed by atoms with Crippen molar-refractivity contribution in [3.05, 3.63) is 53.6 Å². The molecule has 2 aromatic rings. The van der Waals surface area contributed by atoms with Gasteiger partial charge in [0, 0.05) is 16.5 Å². The number of hydrogen-bond acceptors (Lipinski definition) is 5. The van der Waals surface area contributed by atoms with Crippen LogP contribution in [0.1, 0.15) is 25.7 Å². The van der Waals surface area contributed by atoms with Crippen LogP contribution >= 0.6 is 0 Å². The second-order valence-electron chi connectivity index (χ2n) is 6.07. The maximum atomic E-state index is 12.7. The number of rotatable bonds is 3. The first-order valence-electron chi connectivity index (χ1n) is 8.02. The van der Waals surface area contributed by atoms with E-state index in [1.165, 1.54) is 6.07 Å². The minimum absolute atomic E-state index is 0.0731. The van der Waals surface area contributed by atoms with Crippen molar-refractivity contribution in [1.82, 2.24) is 5.06 Å². The van der Waals surface area contributed by atoms with Gasteiger partial charge in [0.2, 0.25) is 0 Å². The SMILES string of the molecule is O=C1C2=C(CCCC2)C(=O)N1OS(=O)(=O)c1cccc2ccccc12. The summed E-state index contributed by atoms with van der Waals surface area (Å²) < 4.78 is 30.4. The van der Waals surface area contributed by atoms with Crippen LogP contribution in [0.4, 0.5) is 0 Å². The Morgan fingerprint density at radius 1 is 0.840 bits per heavy atom. The molecule has 0 aromatic heterocycles. The van der Waals surface area contributed by atoms with Crippen LogP contribution in [0.3, 0.4) is 0 Å². The molecule has 0 unspecified atom stereocenters. The smallest absolute Gasteiger partial charge is 0.267 e. The first-order chi connectivity index (χ1) is 12.0. The molecule has 0 spiro atoms. The summed E-state index contributed by atoms with van der Waals surface area (Å²) in [7, 11) is -4.32. The number of fused-ring (bicyclic) bond motifs is 1. The van der Waals surface area contributed by atoms with Crippen molar-refractivity contribution in [3.8, 4) is 0 Å². The van der Waals surface area contributed by atoms with Crippen molar-refractivity contribution in [3.63, 3.8) is 0 Å². The van der Waals surface area contributed by atoms with Gasteiger partial charge in [-0.25, -0.2) is 0 Å². The summed E-state index contributed by atoms with van der Waals surface area (Å²) in [4.78, 5) is 24.7. The minimum atomic E-state index is -4.32. The van der Waals surface area contributed by atoms with E-state index >= 15 is 0 Å². The normalized spacial score (nSPS) is 18.2. The molecule has 2 aromatic carbocycles. The summed E-state index contributed by atoms with van der Waals surface area (Å²) in [5.41, 5.74) is 0.758. The lowest BCUT2D eigenvalue weighted by Gasteiger charge is -2.15. The Kier molecular flexibility index (Phi) is 3.70. The molecule has 7 heteroatoms. The number of nitrogens with zero attached hydrogens (tertiary/aromatic N) is 1. The van der Waals surface area contributed by atoms with Crippen LogP contribution < -0.4 is 0 Å². The Balaban J connectivity index is 1.71. The molecule has 0 fully saturated rings. The summed E-state index contributed by atoms with van der Waals surface area (Å²) in [6.07, 6.45) is 2.58. The molecule has 1 aliphatic heterocycles. The van der Waals surface area contributed by atoms with Crippen LogP contribution in [-0.2, 0) is 24.0 Å². The average Bonchev–Trinajstić information content (AvgIpc) is 2.86. The zero-order valence-electron chi connectivity index (χ0n) is 13.3. The van der Waals surface area contributed by atoms with Gasteiger partial charge in [-0.05, 0) is 37.1 Å². The van der Waals surface area contributed by atoms with E-state index in [0.717, 1.165) is 18.2 Å². The molecule has 0 saturated heterocycles. The fourth-order valence-electron chi connectivity index (χ4n) is 3.33. The van der Waals surface area contributed by atoms with Crippen molar-refractivity contribution < 1.29 is 22.3 Å². The summed E-state index contributed by atoms with van der Waals surface area (Å²) in [6, 6.07) is 11.7. The van der Waals surface area contributed by atoms with Crippen molar-refractivity contribution in [2.24, 2.45) is 0 Å². The highest BCUT2D eigenvalue weighted by atomic mass is 32.2. The third-order valence-corrected chi connectivity index (χ3v) is 5.78. The van der Waals surface area contributed by atoms with E-state index in [0.29, 0.717) is 34.4 Å². The van der Waals surface area contributed by atoms with Crippen molar-refractivity contribution in [1.29, 1.82) is 0 Å². The fraction of sp³-hybridized carbons (Fsp3) is 0.222. The first-order valence-corrected chi connectivity index (χ1v) is 9.43. The van der Waals surface area contributed by atoms with Gasteiger partial charge in [-0.3, -0.25) is 9.59 Å². The zero-order valence-corrected chi connectivity index (χ0v) is 14.1. The lowest BCUT2D eigenvalue weighted by Crippen LogP contribution is -2.34. The van der Waals surface area contributed by atoms with Crippen LogP contribution in [0, 0.1) is 0 Å². The molecule has 2 amide bonds. The Bertz CT molecular complexity index is 1010. The van der Waals surface area contributed by atoms with E-state index in [4.69, 9.17) is 4.28 Å². The quantitative estimate of drug-likeness (QED) is 0.789. The molecule has 128 valence electrons. The molecule has 6 nitrogen and oxygen atoms in total. The second kappa shape index (κ2) is 5.79. The molecule has 0 saturated carbocycles. The van der Waals surface area contributed by atoms with Crippen LogP contribution in [-0.4, -0.2) is 25.3 Å². The van der Waals surface area contributed by atoms with Crippen molar-refractivity contribution in [2.45, 2.75) is 30.6 Å². The predicted octanol–water partition coefficient (Wildman–Crippen LogP) is 2.70. The standard InChI is InChI=1S/C18H15NO5S/c20-17-14-9-3-4-10-15(14)18(21)19(17)24-25(22,23)16-11-5-7-12-6-1-2-8-13(12)16/h1-2,5-8,11H,3-4,9-10H2. The van der Waals surface area contributed by atoms with E-state index in [1.54, 1.807) is 36.4 Å². The molecule has 1 heterocycles. The Morgan fingerprint density at radius 3 is 2.12 bits per heavy atom. The summed E-state index contributed by atoms with van der Waals surface area (Å²) >= 11 is 0. The molecular weight excluding hydrogens is 342 g/mol. The van der Waals surface area contributed by atoms with Gasteiger partial charge in [0.25, 0.3) is 11.8 Å². The van der Waals surface area contributed by atoms with Gasteiger partial charge >= 0.3 is 10.1 Å². The van der Waals surface area contributed by atoms with Crippen molar-refractivity contribution >= 4 is 32.7 Å². The number of hydroxylamine groups is 2. The molecular formula is C18H15NO5S. The van der Waals surface area contributed by atoms with E-state index in [9.17, 15) is 18.0 Å². The average molecular weight is 357 g/mol. The van der Waals surface area contributed by atoms with Gasteiger partial charge in [0.05, 0.1) is 0 Å². The second-order valence-corrected chi connectivity index (χ2v) is 7.57. The van der Waals surface area contributed by atoms with E-state index < -0.39 is 21.9 Å². The molecule has 0 bridgehead atoms. The van der Waals surface area contributed by atoms with E-state index in [2.05, 4.69) is 0 Å². The van der Waals surface area contributed by atoms with Gasteiger partial charge in [-0.1, -0.05) is 36.4 Å². The minimum Gasteiger partial charge on any atom is -0.267 e. The lowest BCUT2D eigenvalue weighted by molar-refractivity contribution is -0.162. The fourth-order valence-corrected chi connectivity index (χ4v) is 4.45. The van der Waals surface area contributed by atoms with E-state index in [1.807, 2.05) is 0 Å². The van der Waals surface area contributed by atoms with Gasteiger partial charge < -0.3 is 0 Å². The lowest BCUT2D eigenvalue weighted by atomic mass is 9.93. The maximum Gasteiger partial charge on any atom is 0.318 e. The molecule has 25 heavy (non-hydrogen) atoms. The number of hydrogen-bond donors (Lipinski definition) is 0. The topological polar surface area (TPSA) is 80.8 Å². The molecule has 1 aliphatic carbocycles. The van der Waals surface area contributed by atoms with Crippen LogP contribution in [0.25, 0.3) is 10.8 Å². The van der Waals surface area contributed by atoms with Gasteiger partial charge in [0.15, 0.2) is 0 Å². The molecule has 0 atom stereocenters. The number of carbonyl (C=O) groups is 2. The Morgan fingerprint density at radius 2 is 1.44 bits per heavy atom. The van der Waals surface area contributed by atoms with Crippen LogP contribution in [0.5, 0.6) is 0 Å². The highest BCUT2D eigenvalue weighted by Crippen LogP contribution is 2.34.